The molecule has 0 aliphatic carbocycles. The van der Waals surface area contributed by atoms with Crippen molar-refractivity contribution < 1.29 is 165 Å². The van der Waals surface area contributed by atoms with E-state index in [0.29, 0.717) is 0 Å². The van der Waals surface area contributed by atoms with Gasteiger partial charge in [0.15, 0.2) is 0 Å². The van der Waals surface area contributed by atoms with Crippen molar-refractivity contribution in [2.45, 2.75) is 0 Å². The summed E-state index contributed by atoms with van der Waals surface area (Å²) >= 11 is 0. The summed E-state index contributed by atoms with van der Waals surface area (Å²) < 4.78 is 71.1. The smallest absolute Gasteiger partial charge is 1.00 e. The molecule has 24 N–H and O–H groups in total. The molecule has 0 unspecified atom stereocenters. The van der Waals surface area contributed by atoms with Crippen molar-refractivity contribution in [3.05, 3.63) is 0 Å². The summed E-state index contributed by atoms with van der Waals surface area (Å²) in [6, 6.07) is 0. The average Bonchev–Trinajstić information content (AvgIpc) is 2.16. The predicted octanol–water partition coefficient (Wildman–Crippen LogP) is -8.05. The van der Waals surface area contributed by atoms with E-state index >= 15 is 0 Å². The number of rotatable bonds is 0. The maximum Gasteiger partial charge on any atom is 2.00 e. The Balaban J connectivity index is -0.0000000121. The van der Waals surface area contributed by atoms with E-state index in [9.17, 15) is 0 Å². The minimum Gasteiger partial charge on any atom is -1.00 e. The molecule has 0 aromatic carbocycles. The van der Waals surface area contributed by atoms with Crippen LogP contribution in [0.15, 0.2) is 0 Å². The quantitative estimate of drug-likeness (QED) is 0.0792. The Morgan fingerprint density at radius 2 is 0.182 bits per heavy atom. The van der Waals surface area contributed by atoms with Crippen LogP contribution in [0.1, 0.15) is 11.4 Å². The van der Waals surface area contributed by atoms with Gasteiger partial charge in [0, 0.05) is 0 Å². The molecule has 32 nitrogen and oxygen atoms in total. The molecule has 0 radical (unpaired) electrons. The maximum absolute atomic E-state index is 8.88. The summed E-state index contributed by atoms with van der Waals surface area (Å²) in [6.07, 6.45) is 0. The molecule has 272 valence electrons. The normalized spacial score (nSPS) is 10.7. The molecule has 0 rings (SSSR count). The number of phosphoric acid groups is 8. The summed E-state index contributed by atoms with van der Waals surface area (Å²) in [7, 11) is -37.1. The number of hydrogen-bond donors (Lipinski definition) is 24. The van der Waals surface area contributed by atoms with Crippen LogP contribution in [0.5, 0.6) is 0 Å². The zero-order valence-corrected chi connectivity index (χ0v) is 36.4. The van der Waals surface area contributed by atoms with E-state index in [2.05, 4.69) is 0 Å². The van der Waals surface area contributed by atoms with Crippen LogP contribution in [0.3, 0.4) is 0 Å². The van der Waals surface area contributed by atoms with E-state index < -0.39 is 62.6 Å². The fraction of sp³-hybridized carbons (Fsp3) is 0. The molecule has 0 fully saturated rings. The monoisotopic (exact) mass is 952 g/mol. The Hall–Kier alpha value is 5.92. The van der Waals surface area contributed by atoms with Gasteiger partial charge in [-0.15, -0.1) is 0 Å². The Morgan fingerprint density at radius 3 is 0.182 bits per heavy atom. The first-order valence-electron chi connectivity index (χ1n) is 6.26. The van der Waals surface area contributed by atoms with Crippen molar-refractivity contribution in [3.8, 4) is 0 Å². The van der Waals surface area contributed by atoms with Gasteiger partial charge in [0.1, 0.15) is 0 Å². The van der Waals surface area contributed by atoms with E-state index in [-0.39, 0.29) is 162 Å². The van der Waals surface area contributed by atoms with Crippen molar-refractivity contribution in [2.75, 3.05) is 0 Å². The van der Waals surface area contributed by atoms with Gasteiger partial charge < -0.3 is 129 Å². The van der Waals surface area contributed by atoms with E-state index in [0.717, 1.165) is 0 Å². The van der Waals surface area contributed by atoms with E-state index in [1.807, 2.05) is 0 Å². The molecule has 0 saturated carbocycles. The maximum atomic E-state index is 8.88. The fourth-order valence-corrected chi connectivity index (χ4v) is 0. The molecule has 0 aromatic heterocycles. The van der Waals surface area contributed by atoms with Gasteiger partial charge in [0.05, 0.1) is 0 Å². The van der Waals surface area contributed by atoms with Gasteiger partial charge in [-0.3, -0.25) is 0 Å². The van der Waals surface area contributed by atoms with Crippen LogP contribution in [0.25, 0.3) is 0 Å². The molecule has 0 aliphatic heterocycles. The molecule has 44 heteroatoms. The number of hydrogen-bond acceptors (Lipinski definition) is 8. The molecular formula is H32Ca4O32P8. The van der Waals surface area contributed by atoms with Gasteiger partial charge in [-0.25, -0.2) is 36.5 Å². The first kappa shape index (κ1) is 83.1. The third-order valence-electron chi connectivity index (χ3n) is 0. The van der Waals surface area contributed by atoms with Gasteiger partial charge in [0.2, 0.25) is 0 Å². The Bertz CT molecular complexity index is 690. The van der Waals surface area contributed by atoms with Crippen LogP contribution >= 0.6 is 62.6 Å². The SMILES string of the molecule is O=P(O)(O)O.O=P(O)(O)O.O=P(O)(O)O.O=P(O)(O)O.O=P(O)(O)O.O=P(O)(O)O.O=P(O)(O)O.O=P(O)(O)O.[Ca+2].[Ca+2].[Ca+2].[Ca+2].[H-].[H-].[H-].[H-].[H-].[H-].[H-].[H-]. The molecule has 0 bridgehead atoms. The second kappa shape index (κ2) is 38.6. The van der Waals surface area contributed by atoms with E-state index in [4.69, 9.17) is 154 Å². The zero-order valence-electron chi connectivity index (χ0n) is 28.4. The van der Waals surface area contributed by atoms with Crippen LogP contribution in [-0.4, -0.2) is 268 Å². The van der Waals surface area contributed by atoms with Crippen molar-refractivity contribution in [2.24, 2.45) is 0 Å². The van der Waals surface area contributed by atoms with Gasteiger partial charge in [-0.1, -0.05) is 0 Å². The second-order valence-corrected chi connectivity index (χ2v) is 12.3. The van der Waals surface area contributed by atoms with Gasteiger partial charge >= 0.3 is 214 Å². The Morgan fingerprint density at radius 1 is 0.182 bits per heavy atom. The molecule has 0 aliphatic rings. The van der Waals surface area contributed by atoms with Crippen LogP contribution in [0.2, 0.25) is 0 Å². The molecule has 0 spiro atoms. The Labute approximate surface area is 373 Å². The van der Waals surface area contributed by atoms with Crippen molar-refractivity contribution in [3.63, 3.8) is 0 Å². The summed E-state index contributed by atoms with van der Waals surface area (Å²) in [6.45, 7) is 0. The van der Waals surface area contributed by atoms with Crippen LogP contribution in [0.4, 0.5) is 0 Å². The summed E-state index contributed by atoms with van der Waals surface area (Å²) in [4.78, 5) is 172. The molecule has 0 aromatic rings. The third-order valence-corrected chi connectivity index (χ3v) is 0. The van der Waals surface area contributed by atoms with Gasteiger partial charge in [-0.2, -0.15) is 0 Å². The average molecular weight is 952 g/mol. The summed E-state index contributed by atoms with van der Waals surface area (Å²) in [5.41, 5.74) is 0. The second-order valence-electron chi connectivity index (χ2n) is 4.11. The summed E-state index contributed by atoms with van der Waals surface area (Å²) in [5.74, 6) is 0. The van der Waals surface area contributed by atoms with Gasteiger partial charge in [0.25, 0.3) is 0 Å². The minimum absolute atomic E-state index is 0. The third kappa shape index (κ3) is 3010. The van der Waals surface area contributed by atoms with Crippen LogP contribution in [-0.2, 0) is 36.5 Å². The standard InChI is InChI=1S/4Ca.8H3O4P.8H/c;;;;8*1-5(2,3)4;;;;;;;;/h;;;;8*(H3,1,2,3,4);;;;;;;;/q4*+2;;;;;;;;;8*-1. The first-order chi connectivity index (χ1) is 16.0. The molecule has 0 atom stereocenters. The molecule has 0 amide bonds. The van der Waals surface area contributed by atoms with E-state index in [1.54, 1.807) is 0 Å². The minimum atomic E-state index is -4.64. The zero-order chi connectivity index (χ0) is 36.0. The van der Waals surface area contributed by atoms with Crippen molar-refractivity contribution in [1.82, 2.24) is 0 Å². The topological polar surface area (TPSA) is 622 Å². The molecular weight excluding hydrogens is 920 g/mol. The van der Waals surface area contributed by atoms with Crippen molar-refractivity contribution >= 4 is 214 Å². The predicted molar refractivity (Wildman–Crippen MR) is 146 cm³/mol. The van der Waals surface area contributed by atoms with Crippen molar-refractivity contribution in [1.29, 1.82) is 0 Å². The van der Waals surface area contributed by atoms with E-state index in [1.165, 1.54) is 0 Å². The Kier molecular flexibility index (Phi) is 73.0. The van der Waals surface area contributed by atoms with Crippen LogP contribution in [0, 0.1) is 0 Å². The van der Waals surface area contributed by atoms with Gasteiger partial charge in [-0.05, 0) is 0 Å². The molecule has 0 saturated heterocycles. The summed E-state index contributed by atoms with van der Waals surface area (Å²) in [5, 5.41) is 0. The fourth-order valence-electron chi connectivity index (χ4n) is 0. The van der Waals surface area contributed by atoms with Crippen LogP contribution < -0.4 is 0 Å². The first-order valence-corrected chi connectivity index (χ1v) is 18.8. The molecule has 44 heavy (non-hydrogen) atoms. The largest absolute Gasteiger partial charge is 2.00 e. The molecule has 0 heterocycles.